The van der Waals surface area contributed by atoms with Gasteiger partial charge in [0, 0.05) is 19.3 Å². The highest BCUT2D eigenvalue weighted by Gasteiger charge is 2.15. The summed E-state index contributed by atoms with van der Waals surface area (Å²) in [6.07, 6.45) is 5.57. The van der Waals surface area contributed by atoms with Gasteiger partial charge >= 0.3 is 0 Å². The third-order valence-electron chi connectivity index (χ3n) is 3.58. The number of nitrogens with one attached hydrogen (secondary N) is 1. The molecule has 0 radical (unpaired) electrons. The Morgan fingerprint density at radius 3 is 2.71 bits per heavy atom. The molecule has 1 aromatic heterocycles. The fraction of sp³-hybridized carbons (Fsp3) is 0.250. The van der Waals surface area contributed by atoms with Crippen molar-refractivity contribution in [3.05, 3.63) is 54.1 Å². The second-order valence-corrected chi connectivity index (χ2v) is 5.06. The Labute approximate surface area is 122 Å². The molecule has 0 atom stereocenters. The summed E-state index contributed by atoms with van der Waals surface area (Å²) in [4.78, 5) is 18.5. The Hall–Kier alpha value is -2.43. The number of hydrogen-bond donors (Lipinski definition) is 1. The number of carbonyl (C=O) groups is 1. The average Bonchev–Trinajstić information content (AvgIpc) is 3.04. The first-order chi connectivity index (χ1) is 10.2. The van der Waals surface area contributed by atoms with Crippen LogP contribution in [0.3, 0.4) is 0 Å². The van der Waals surface area contributed by atoms with Gasteiger partial charge in [-0.25, -0.2) is 4.39 Å². The molecule has 1 N–H and O–H groups in total. The summed E-state index contributed by atoms with van der Waals surface area (Å²) in [6, 6.07) is 7.91. The summed E-state index contributed by atoms with van der Waals surface area (Å²) in [7, 11) is 0. The molecule has 0 bridgehead atoms. The van der Waals surface area contributed by atoms with Crippen molar-refractivity contribution in [2.45, 2.75) is 12.8 Å². The Morgan fingerprint density at radius 2 is 1.95 bits per heavy atom. The van der Waals surface area contributed by atoms with Crippen LogP contribution < -0.4 is 10.2 Å². The van der Waals surface area contributed by atoms with Gasteiger partial charge in [0.25, 0.3) is 5.91 Å². The maximum Gasteiger partial charge on any atom is 0.257 e. The van der Waals surface area contributed by atoms with Crippen molar-refractivity contribution in [2.24, 2.45) is 0 Å². The predicted molar refractivity (Wildman–Crippen MR) is 80.0 cm³/mol. The molecule has 0 aliphatic carbocycles. The molecule has 21 heavy (non-hydrogen) atoms. The van der Waals surface area contributed by atoms with Crippen LogP contribution in [0.4, 0.5) is 15.8 Å². The first-order valence-corrected chi connectivity index (χ1v) is 7.00. The van der Waals surface area contributed by atoms with Gasteiger partial charge in [-0.2, -0.15) is 0 Å². The highest BCUT2D eigenvalue weighted by molar-refractivity contribution is 6.04. The molecule has 2 heterocycles. The summed E-state index contributed by atoms with van der Waals surface area (Å²) in [5, 5.41) is 2.57. The second kappa shape index (κ2) is 5.91. The molecule has 5 heteroatoms. The zero-order chi connectivity index (χ0) is 14.7. The topological polar surface area (TPSA) is 45.2 Å². The molecule has 3 rings (SSSR count). The SMILES string of the molecule is O=C(Nc1ccccc1F)c1cncc(N2CCCC2)c1. The fourth-order valence-electron chi connectivity index (χ4n) is 2.46. The van der Waals surface area contributed by atoms with Crippen molar-refractivity contribution in [1.82, 2.24) is 4.98 Å². The number of aromatic nitrogens is 1. The largest absolute Gasteiger partial charge is 0.370 e. The van der Waals surface area contributed by atoms with E-state index in [1.165, 1.54) is 18.3 Å². The Balaban J connectivity index is 1.78. The van der Waals surface area contributed by atoms with Crippen LogP contribution >= 0.6 is 0 Å². The molecule has 2 aromatic rings. The fourth-order valence-corrected chi connectivity index (χ4v) is 2.46. The van der Waals surface area contributed by atoms with E-state index < -0.39 is 5.82 Å². The lowest BCUT2D eigenvalue weighted by Crippen LogP contribution is -2.19. The smallest absolute Gasteiger partial charge is 0.257 e. The summed E-state index contributed by atoms with van der Waals surface area (Å²) in [5.74, 6) is -0.803. The monoisotopic (exact) mass is 285 g/mol. The minimum Gasteiger partial charge on any atom is -0.370 e. The number of hydrogen-bond acceptors (Lipinski definition) is 3. The van der Waals surface area contributed by atoms with Gasteiger partial charge in [0.1, 0.15) is 5.82 Å². The summed E-state index contributed by atoms with van der Waals surface area (Å²) in [5.41, 5.74) is 1.55. The Bertz CT molecular complexity index is 653. The number of para-hydroxylation sites is 1. The van der Waals surface area contributed by atoms with Gasteiger partial charge in [0.2, 0.25) is 0 Å². The van der Waals surface area contributed by atoms with Crippen LogP contribution in [-0.2, 0) is 0 Å². The standard InChI is InChI=1S/C16H16FN3O/c17-14-5-1-2-6-15(14)19-16(21)12-9-13(11-18-10-12)20-7-3-4-8-20/h1-2,5-6,9-11H,3-4,7-8H2,(H,19,21). The third-order valence-corrected chi connectivity index (χ3v) is 3.58. The van der Waals surface area contributed by atoms with Crippen LogP contribution in [-0.4, -0.2) is 24.0 Å². The molecule has 0 spiro atoms. The molecule has 4 nitrogen and oxygen atoms in total. The molecule has 1 aliphatic heterocycles. The van der Waals surface area contributed by atoms with E-state index in [0.29, 0.717) is 5.56 Å². The van der Waals surface area contributed by atoms with E-state index in [9.17, 15) is 9.18 Å². The zero-order valence-electron chi connectivity index (χ0n) is 11.6. The van der Waals surface area contributed by atoms with Crippen molar-refractivity contribution in [3.63, 3.8) is 0 Å². The quantitative estimate of drug-likeness (QED) is 0.942. The zero-order valence-corrected chi connectivity index (χ0v) is 11.6. The lowest BCUT2D eigenvalue weighted by Gasteiger charge is -2.17. The average molecular weight is 285 g/mol. The lowest BCUT2D eigenvalue weighted by atomic mass is 10.2. The van der Waals surface area contributed by atoms with Crippen LogP contribution in [0.25, 0.3) is 0 Å². The summed E-state index contributed by atoms with van der Waals surface area (Å²) in [6.45, 7) is 1.97. The molecule has 1 aromatic carbocycles. The van der Waals surface area contributed by atoms with Crippen LogP contribution in [0.1, 0.15) is 23.2 Å². The van der Waals surface area contributed by atoms with Crippen LogP contribution in [0.15, 0.2) is 42.7 Å². The van der Waals surface area contributed by atoms with E-state index in [2.05, 4.69) is 15.2 Å². The van der Waals surface area contributed by atoms with E-state index in [4.69, 9.17) is 0 Å². The molecular formula is C16H16FN3O. The van der Waals surface area contributed by atoms with Gasteiger partial charge in [-0.05, 0) is 31.0 Å². The molecule has 1 aliphatic rings. The van der Waals surface area contributed by atoms with Crippen molar-refractivity contribution in [2.75, 3.05) is 23.3 Å². The van der Waals surface area contributed by atoms with Crippen LogP contribution in [0, 0.1) is 5.82 Å². The van der Waals surface area contributed by atoms with Crippen molar-refractivity contribution in [1.29, 1.82) is 0 Å². The number of benzene rings is 1. The normalized spacial score (nSPS) is 14.2. The molecular weight excluding hydrogens is 269 g/mol. The molecule has 1 fully saturated rings. The number of anilines is 2. The summed E-state index contributed by atoms with van der Waals surface area (Å²) >= 11 is 0. The first kappa shape index (κ1) is 13.5. The molecule has 108 valence electrons. The first-order valence-electron chi connectivity index (χ1n) is 7.00. The number of amides is 1. The number of nitrogens with zero attached hydrogens (tertiary/aromatic N) is 2. The van der Waals surface area contributed by atoms with Gasteiger partial charge < -0.3 is 10.2 Å². The Morgan fingerprint density at radius 1 is 1.19 bits per heavy atom. The number of pyridine rings is 1. The van der Waals surface area contributed by atoms with E-state index >= 15 is 0 Å². The highest BCUT2D eigenvalue weighted by Crippen LogP contribution is 2.21. The van der Waals surface area contributed by atoms with E-state index in [1.807, 2.05) is 0 Å². The van der Waals surface area contributed by atoms with Crippen LogP contribution in [0.2, 0.25) is 0 Å². The van der Waals surface area contributed by atoms with Crippen molar-refractivity contribution < 1.29 is 9.18 Å². The van der Waals surface area contributed by atoms with Gasteiger partial charge in [-0.3, -0.25) is 9.78 Å². The predicted octanol–water partition coefficient (Wildman–Crippen LogP) is 3.07. The molecule has 0 saturated carbocycles. The number of rotatable bonds is 3. The maximum absolute atomic E-state index is 13.6. The number of halogens is 1. The van der Waals surface area contributed by atoms with Gasteiger partial charge in [0.15, 0.2) is 0 Å². The second-order valence-electron chi connectivity index (χ2n) is 5.06. The third kappa shape index (κ3) is 3.02. The highest BCUT2D eigenvalue weighted by atomic mass is 19.1. The lowest BCUT2D eigenvalue weighted by molar-refractivity contribution is 0.102. The maximum atomic E-state index is 13.6. The molecule has 0 unspecified atom stereocenters. The molecule has 1 saturated heterocycles. The van der Waals surface area contributed by atoms with Gasteiger partial charge in [-0.15, -0.1) is 0 Å². The van der Waals surface area contributed by atoms with Gasteiger partial charge in [0.05, 0.1) is 23.1 Å². The van der Waals surface area contributed by atoms with Crippen LogP contribution in [0.5, 0.6) is 0 Å². The van der Waals surface area contributed by atoms with Crippen molar-refractivity contribution >= 4 is 17.3 Å². The van der Waals surface area contributed by atoms with Gasteiger partial charge in [-0.1, -0.05) is 12.1 Å². The minimum absolute atomic E-state index is 0.175. The van der Waals surface area contributed by atoms with E-state index in [-0.39, 0.29) is 11.6 Å². The summed E-state index contributed by atoms with van der Waals surface area (Å²) < 4.78 is 13.6. The number of carbonyl (C=O) groups excluding carboxylic acids is 1. The minimum atomic E-state index is -0.450. The van der Waals surface area contributed by atoms with E-state index in [0.717, 1.165) is 31.6 Å². The molecule has 1 amide bonds. The van der Waals surface area contributed by atoms with E-state index in [1.54, 1.807) is 24.4 Å². The Kier molecular flexibility index (Phi) is 3.81. The van der Waals surface area contributed by atoms with Crippen molar-refractivity contribution in [3.8, 4) is 0 Å².